The van der Waals surface area contributed by atoms with E-state index < -0.39 is 16.7 Å². The lowest BCUT2D eigenvalue weighted by atomic mass is 10.00. The standard InChI is InChI=1S/C29H37N5O5S/c1-5-24-18-32(40(37,38)26-8-7-15-30-29(26)39-24)17-22-16-23(12-9-19(22)3)34-28-20(4)21(11-14-27(35)36)10-13-25(28)33(6-2)31-34/h7-10,12-13,15-16,24,31,37-38H,5-6,11,14,17-18H2,1-4H3,(H,35,36)/t24-/m1/s1. The van der Waals surface area contributed by atoms with E-state index in [4.69, 9.17) is 4.74 Å². The first-order valence-electron chi connectivity index (χ1n) is 13.6. The summed E-state index contributed by atoms with van der Waals surface area (Å²) in [6.45, 7) is 9.52. The Morgan fingerprint density at radius 2 is 1.95 bits per heavy atom. The Balaban J connectivity index is 1.50. The number of rotatable bonds is 8. The third-order valence-electron chi connectivity index (χ3n) is 7.65. The van der Waals surface area contributed by atoms with Gasteiger partial charge in [-0.15, -0.1) is 16.3 Å². The van der Waals surface area contributed by atoms with Gasteiger partial charge in [0.1, 0.15) is 11.0 Å². The molecule has 0 radical (unpaired) electrons. The van der Waals surface area contributed by atoms with E-state index in [1.54, 1.807) is 22.6 Å². The van der Waals surface area contributed by atoms with E-state index in [9.17, 15) is 19.0 Å². The average molecular weight is 568 g/mol. The van der Waals surface area contributed by atoms with Crippen molar-refractivity contribution in [3.63, 3.8) is 0 Å². The van der Waals surface area contributed by atoms with Gasteiger partial charge in [-0.3, -0.25) is 23.9 Å². The van der Waals surface area contributed by atoms with Crippen molar-refractivity contribution in [1.29, 1.82) is 0 Å². The first kappa shape index (κ1) is 28.2. The second kappa shape index (κ2) is 11.3. The fourth-order valence-corrected chi connectivity index (χ4v) is 6.82. The molecule has 0 spiro atoms. The zero-order valence-corrected chi connectivity index (χ0v) is 24.1. The second-order valence-electron chi connectivity index (χ2n) is 10.2. The highest BCUT2D eigenvalue weighted by atomic mass is 32.3. The lowest BCUT2D eigenvalue weighted by Gasteiger charge is -2.41. The maximum absolute atomic E-state index is 11.4. The van der Waals surface area contributed by atoms with Crippen molar-refractivity contribution in [2.24, 2.45) is 0 Å². The molecule has 0 bridgehead atoms. The number of hydrogen-bond donors (Lipinski definition) is 4. The minimum absolute atomic E-state index is 0.0720. The number of carbonyl (C=O) groups is 1. The number of aromatic nitrogens is 1. The van der Waals surface area contributed by atoms with Gasteiger partial charge in [0.2, 0.25) is 5.88 Å². The minimum Gasteiger partial charge on any atom is -0.481 e. The summed E-state index contributed by atoms with van der Waals surface area (Å²) in [6.07, 6.45) is 2.59. The van der Waals surface area contributed by atoms with E-state index in [0.717, 1.165) is 45.9 Å². The van der Waals surface area contributed by atoms with Crippen molar-refractivity contribution in [1.82, 2.24) is 14.8 Å². The van der Waals surface area contributed by atoms with Crippen molar-refractivity contribution in [3.8, 4) is 5.88 Å². The summed E-state index contributed by atoms with van der Waals surface area (Å²) in [5.41, 5.74) is 10.4. The Kier molecular flexibility index (Phi) is 7.94. The molecule has 0 aliphatic carbocycles. The molecular formula is C29H37N5O5S. The number of nitrogens with zero attached hydrogens (tertiary/aromatic N) is 4. The van der Waals surface area contributed by atoms with E-state index in [1.165, 1.54) is 0 Å². The van der Waals surface area contributed by atoms with E-state index in [-0.39, 0.29) is 18.4 Å². The van der Waals surface area contributed by atoms with Crippen LogP contribution in [-0.4, -0.2) is 48.7 Å². The van der Waals surface area contributed by atoms with Gasteiger partial charge in [-0.05, 0) is 86.2 Å². The maximum atomic E-state index is 11.4. The molecule has 3 aromatic rings. The number of carboxylic acid groups (broad SMARTS) is 1. The van der Waals surface area contributed by atoms with Gasteiger partial charge in [0.25, 0.3) is 0 Å². The summed E-state index contributed by atoms with van der Waals surface area (Å²) in [5, 5.41) is 13.3. The lowest BCUT2D eigenvalue weighted by molar-refractivity contribution is -0.136. The van der Waals surface area contributed by atoms with Crippen LogP contribution in [0.5, 0.6) is 5.88 Å². The molecule has 1 aromatic heterocycles. The van der Waals surface area contributed by atoms with E-state index >= 15 is 0 Å². The molecule has 2 aromatic carbocycles. The fraction of sp³-hybridized carbons (Fsp3) is 0.379. The van der Waals surface area contributed by atoms with E-state index in [2.05, 4.69) is 28.5 Å². The highest BCUT2D eigenvalue weighted by Crippen LogP contribution is 2.57. The number of benzene rings is 2. The van der Waals surface area contributed by atoms with Crippen LogP contribution in [-0.2, 0) is 17.8 Å². The Morgan fingerprint density at radius 3 is 2.67 bits per heavy atom. The third-order valence-corrected chi connectivity index (χ3v) is 9.55. The second-order valence-corrected chi connectivity index (χ2v) is 12.2. The molecule has 0 amide bonds. The molecule has 0 unspecified atom stereocenters. The molecule has 0 fully saturated rings. The molecule has 40 heavy (non-hydrogen) atoms. The van der Waals surface area contributed by atoms with Crippen molar-refractivity contribution in [2.75, 3.05) is 23.1 Å². The summed E-state index contributed by atoms with van der Waals surface area (Å²) < 4.78 is 30.6. The number of carboxylic acids is 1. The number of hydrazine groups is 2. The molecule has 2 aliphatic heterocycles. The average Bonchev–Trinajstić information content (AvgIpc) is 3.27. The zero-order valence-electron chi connectivity index (χ0n) is 23.3. The summed E-state index contributed by atoms with van der Waals surface area (Å²) in [7, 11) is -3.34. The van der Waals surface area contributed by atoms with Crippen LogP contribution in [0.15, 0.2) is 53.6 Å². The summed E-state index contributed by atoms with van der Waals surface area (Å²) in [5.74, 6) is -0.545. The van der Waals surface area contributed by atoms with Crippen LogP contribution in [0.1, 0.15) is 48.9 Å². The molecular weight excluding hydrogens is 530 g/mol. The normalized spacial score (nSPS) is 19.0. The van der Waals surface area contributed by atoms with Crippen LogP contribution >= 0.6 is 10.8 Å². The molecule has 1 atom stereocenters. The van der Waals surface area contributed by atoms with Crippen LogP contribution in [0.2, 0.25) is 0 Å². The summed E-state index contributed by atoms with van der Waals surface area (Å²) >= 11 is 0. The van der Waals surface area contributed by atoms with E-state index in [0.29, 0.717) is 30.8 Å². The monoisotopic (exact) mass is 567 g/mol. The van der Waals surface area contributed by atoms with Gasteiger partial charge in [0.05, 0.1) is 23.6 Å². The lowest BCUT2D eigenvalue weighted by Crippen LogP contribution is -2.41. The predicted octanol–water partition coefficient (Wildman–Crippen LogP) is 5.81. The largest absolute Gasteiger partial charge is 0.481 e. The predicted molar refractivity (Wildman–Crippen MR) is 157 cm³/mol. The Hall–Kier alpha value is -3.35. The maximum Gasteiger partial charge on any atom is 0.303 e. The number of hydrogen-bond acceptors (Lipinski definition) is 9. The van der Waals surface area contributed by atoms with Gasteiger partial charge in [-0.1, -0.05) is 19.1 Å². The Labute approximate surface area is 236 Å². The van der Waals surface area contributed by atoms with E-state index in [1.807, 2.05) is 50.0 Å². The van der Waals surface area contributed by atoms with Crippen LogP contribution in [0.4, 0.5) is 17.1 Å². The number of pyridine rings is 1. The number of aliphatic carboxylic acids is 1. The Bertz CT molecular complexity index is 1420. The van der Waals surface area contributed by atoms with Gasteiger partial charge in [0, 0.05) is 25.7 Å². The van der Waals surface area contributed by atoms with Crippen molar-refractivity contribution in [3.05, 3.63) is 70.9 Å². The highest BCUT2D eigenvalue weighted by molar-refractivity contribution is 8.22. The van der Waals surface area contributed by atoms with Crippen LogP contribution in [0.3, 0.4) is 0 Å². The number of fused-ring (bicyclic) bond motifs is 2. The minimum atomic E-state index is -3.34. The van der Waals surface area contributed by atoms with Gasteiger partial charge in [-0.25, -0.2) is 4.98 Å². The third kappa shape index (κ3) is 5.23. The summed E-state index contributed by atoms with van der Waals surface area (Å²) in [6, 6.07) is 13.5. The van der Waals surface area contributed by atoms with Gasteiger partial charge in [-0.2, -0.15) is 4.31 Å². The first-order chi connectivity index (χ1) is 19.1. The molecule has 0 saturated carbocycles. The van der Waals surface area contributed by atoms with Crippen molar-refractivity contribution >= 4 is 33.8 Å². The molecule has 0 saturated heterocycles. The molecule has 214 valence electrons. The number of ether oxygens (including phenoxy) is 1. The highest BCUT2D eigenvalue weighted by Gasteiger charge is 2.36. The van der Waals surface area contributed by atoms with Gasteiger partial charge < -0.3 is 9.84 Å². The molecule has 11 heteroatoms. The molecule has 5 rings (SSSR count). The van der Waals surface area contributed by atoms with Gasteiger partial charge >= 0.3 is 5.97 Å². The SMILES string of the molecule is CC[C@@H]1CN(Cc2cc(N3NN(CC)c4ccc(CCC(=O)O)c(C)c43)ccc2C)S(O)(O)c2cccnc2O1. The van der Waals surface area contributed by atoms with Gasteiger partial charge in [0.15, 0.2) is 0 Å². The fourth-order valence-electron chi connectivity index (χ4n) is 5.26. The number of anilines is 3. The van der Waals surface area contributed by atoms with Crippen LogP contribution < -0.4 is 20.3 Å². The molecule has 10 nitrogen and oxygen atoms in total. The molecule has 3 heterocycles. The quantitative estimate of drug-likeness (QED) is 0.265. The topological polar surface area (TPSA) is 122 Å². The zero-order chi connectivity index (χ0) is 28.6. The molecule has 2 aliphatic rings. The van der Waals surface area contributed by atoms with Crippen molar-refractivity contribution < 1.29 is 23.7 Å². The Morgan fingerprint density at radius 1 is 1.15 bits per heavy atom. The number of aryl methyl sites for hydroxylation is 2. The molecule has 4 N–H and O–H groups in total. The smallest absolute Gasteiger partial charge is 0.303 e. The first-order valence-corrected chi connectivity index (χ1v) is 15.1. The number of nitrogens with one attached hydrogen (secondary N) is 1. The van der Waals surface area contributed by atoms with Crippen LogP contribution in [0.25, 0.3) is 0 Å². The van der Waals surface area contributed by atoms with Crippen molar-refractivity contribution in [2.45, 2.75) is 64.5 Å². The summed E-state index contributed by atoms with van der Waals surface area (Å²) in [4.78, 5) is 15.8. The van der Waals surface area contributed by atoms with Crippen LogP contribution in [0, 0.1) is 13.8 Å².